The van der Waals surface area contributed by atoms with Crippen molar-refractivity contribution < 1.29 is 14.3 Å². The van der Waals surface area contributed by atoms with Crippen molar-refractivity contribution in [2.75, 3.05) is 26.2 Å². The molecule has 2 heterocycles. The Morgan fingerprint density at radius 2 is 2.23 bits per heavy atom. The van der Waals surface area contributed by atoms with E-state index in [0.29, 0.717) is 19.6 Å². The van der Waals surface area contributed by atoms with Crippen molar-refractivity contribution in [1.82, 2.24) is 10.2 Å². The van der Waals surface area contributed by atoms with Crippen molar-refractivity contribution in [2.24, 2.45) is 0 Å². The van der Waals surface area contributed by atoms with Crippen LogP contribution in [0.3, 0.4) is 0 Å². The van der Waals surface area contributed by atoms with E-state index in [0.717, 1.165) is 31.6 Å². The molecular weight excluding hydrogens is 280 g/mol. The highest BCUT2D eigenvalue weighted by molar-refractivity contribution is 5.75. The summed E-state index contributed by atoms with van der Waals surface area (Å²) in [5, 5.41) is 2.94. The van der Waals surface area contributed by atoms with Gasteiger partial charge in [-0.15, -0.1) is 0 Å². The van der Waals surface area contributed by atoms with E-state index >= 15 is 0 Å². The maximum atomic E-state index is 12.0. The third-order valence-corrected chi connectivity index (χ3v) is 4.29. The Kier molecular flexibility index (Phi) is 4.83. The first-order chi connectivity index (χ1) is 10.8. The first-order valence-electron chi connectivity index (χ1n) is 8.15. The van der Waals surface area contributed by atoms with Crippen molar-refractivity contribution >= 4 is 6.03 Å². The molecular formula is C17H24N2O3. The Morgan fingerprint density at radius 3 is 2.95 bits per heavy atom. The molecule has 3 rings (SSSR count). The van der Waals surface area contributed by atoms with Crippen LogP contribution in [0, 0.1) is 0 Å². The molecule has 2 saturated heterocycles. The van der Waals surface area contributed by atoms with Gasteiger partial charge >= 0.3 is 6.03 Å². The van der Waals surface area contributed by atoms with E-state index in [2.05, 4.69) is 18.3 Å². The minimum absolute atomic E-state index is 0.0147. The Bertz CT molecular complexity index is 508. The number of carbonyl (C=O) groups excluding carboxylic acids is 1. The Morgan fingerprint density at radius 1 is 1.41 bits per heavy atom. The molecule has 22 heavy (non-hydrogen) atoms. The summed E-state index contributed by atoms with van der Waals surface area (Å²) >= 11 is 0. The molecule has 120 valence electrons. The molecule has 0 aromatic heterocycles. The molecule has 0 unspecified atom stereocenters. The molecule has 1 aromatic carbocycles. The number of nitrogens with zero attached hydrogens (tertiary/aromatic N) is 1. The van der Waals surface area contributed by atoms with Crippen molar-refractivity contribution in [3.05, 3.63) is 29.8 Å². The molecule has 0 aliphatic carbocycles. The summed E-state index contributed by atoms with van der Waals surface area (Å²) in [6.07, 6.45) is 3.38. The topological polar surface area (TPSA) is 50.8 Å². The maximum Gasteiger partial charge on any atom is 0.317 e. The third kappa shape index (κ3) is 3.53. The molecule has 2 amide bonds. The lowest BCUT2D eigenvalue weighted by Crippen LogP contribution is -2.59. The Hall–Kier alpha value is -1.75. The summed E-state index contributed by atoms with van der Waals surface area (Å²) in [5.41, 5.74) is 1.21. The number of amides is 2. The van der Waals surface area contributed by atoms with Crippen LogP contribution in [0.5, 0.6) is 5.75 Å². The first kappa shape index (κ1) is 15.2. The number of hydrogen-bond donors (Lipinski definition) is 1. The van der Waals surface area contributed by atoms with Crippen molar-refractivity contribution in [2.45, 2.75) is 38.4 Å². The Labute approximate surface area is 131 Å². The second-order valence-electron chi connectivity index (χ2n) is 5.93. The van der Waals surface area contributed by atoms with Crippen molar-refractivity contribution in [1.29, 1.82) is 0 Å². The average Bonchev–Trinajstić information content (AvgIpc) is 3.02. The van der Waals surface area contributed by atoms with Crippen LogP contribution in [0.4, 0.5) is 4.79 Å². The number of likely N-dealkylation sites (tertiary alicyclic amines) is 1. The molecule has 1 atom stereocenters. The van der Waals surface area contributed by atoms with Crippen LogP contribution >= 0.6 is 0 Å². The summed E-state index contributed by atoms with van der Waals surface area (Å²) in [4.78, 5) is 13.8. The SMILES string of the molecule is CCc1ccccc1OC1CN(C(=O)NC[C@H]2CCCO2)C1. The predicted octanol–water partition coefficient (Wildman–Crippen LogP) is 2.20. The van der Waals surface area contributed by atoms with Gasteiger partial charge in [-0.2, -0.15) is 0 Å². The summed E-state index contributed by atoms with van der Waals surface area (Å²) in [6.45, 7) is 4.84. The van der Waals surface area contributed by atoms with E-state index in [4.69, 9.17) is 9.47 Å². The van der Waals surface area contributed by atoms with E-state index in [1.54, 1.807) is 4.90 Å². The van der Waals surface area contributed by atoms with Crippen LogP contribution in [0.25, 0.3) is 0 Å². The lowest BCUT2D eigenvalue weighted by Gasteiger charge is -2.39. The summed E-state index contributed by atoms with van der Waals surface area (Å²) in [5.74, 6) is 0.939. The van der Waals surface area contributed by atoms with Crippen LogP contribution in [0.1, 0.15) is 25.3 Å². The number of rotatable bonds is 5. The molecule has 1 N–H and O–H groups in total. The largest absolute Gasteiger partial charge is 0.486 e. The number of aryl methyl sites for hydroxylation is 1. The first-order valence-corrected chi connectivity index (χ1v) is 8.15. The van der Waals surface area contributed by atoms with E-state index in [9.17, 15) is 4.79 Å². The number of hydrogen-bond acceptors (Lipinski definition) is 3. The monoisotopic (exact) mass is 304 g/mol. The third-order valence-electron chi connectivity index (χ3n) is 4.29. The smallest absolute Gasteiger partial charge is 0.317 e. The highest BCUT2D eigenvalue weighted by Crippen LogP contribution is 2.23. The van der Waals surface area contributed by atoms with E-state index in [-0.39, 0.29) is 18.2 Å². The van der Waals surface area contributed by atoms with Gasteiger partial charge in [0.25, 0.3) is 0 Å². The van der Waals surface area contributed by atoms with Gasteiger partial charge < -0.3 is 19.7 Å². The lowest BCUT2D eigenvalue weighted by molar-refractivity contribution is 0.0416. The van der Waals surface area contributed by atoms with Crippen LogP contribution in [0.2, 0.25) is 0 Å². The van der Waals surface area contributed by atoms with Crippen molar-refractivity contribution in [3.8, 4) is 5.75 Å². The lowest BCUT2D eigenvalue weighted by atomic mass is 10.1. The highest BCUT2D eigenvalue weighted by atomic mass is 16.5. The molecule has 0 radical (unpaired) electrons. The molecule has 2 fully saturated rings. The van der Waals surface area contributed by atoms with Gasteiger partial charge in [-0.1, -0.05) is 25.1 Å². The fourth-order valence-corrected chi connectivity index (χ4v) is 2.89. The van der Waals surface area contributed by atoms with Gasteiger partial charge in [0, 0.05) is 13.2 Å². The number of carbonyl (C=O) groups is 1. The standard InChI is InChI=1S/C17H24N2O3/c1-2-13-6-3-4-8-16(13)22-15-11-19(12-15)17(20)18-10-14-7-5-9-21-14/h3-4,6,8,14-15H,2,5,7,9-12H2,1H3,(H,18,20)/t14-/m1/s1. The van der Waals surface area contributed by atoms with Gasteiger partial charge in [0.2, 0.25) is 0 Å². The normalized spacial score (nSPS) is 21.5. The van der Waals surface area contributed by atoms with Gasteiger partial charge in [-0.05, 0) is 30.9 Å². The number of para-hydroxylation sites is 1. The number of nitrogens with one attached hydrogen (secondary N) is 1. The van der Waals surface area contributed by atoms with Crippen LogP contribution < -0.4 is 10.1 Å². The van der Waals surface area contributed by atoms with E-state index in [1.165, 1.54) is 5.56 Å². The van der Waals surface area contributed by atoms with Crippen LogP contribution in [-0.2, 0) is 11.2 Å². The van der Waals surface area contributed by atoms with Gasteiger partial charge in [-0.3, -0.25) is 0 Å². The highest BCUT2D eigenvalue weighted by Gasteiger charge is 2.32. The second-order valence-corrected chi connectivity index (χ2v) is 5.93. The van der Waals surface area contributed by atoms with Gasteiger partial charge in [0.15, 0.2) is 0 Å². The summed E-state index contributed by atoms with van der Waals surface area (Å²) in [7, 11) is 0. The average molecular weight is 304 g/mol. The summed E-state index contributed by atoms with van der Waals surface area (Å²) in [6, 6.07) is 8.08. The predicted molar refractivity (Wildman–Crippen MR) is 84.2 cm³/mol. The zero-order valence-corrected chi connectivity index (χ0v) is 13.1. The van der Waals surface area contributed by atoms with Crippen molar-refractivity contribution in [3.63, 3.8) is 0 Å². The molecule has 1 aromatic rings. The quantitative estimate of drug-likeness (QED) is 0.907. The zero-order valence-electron chi connectivity index (χ0n) is 13.1. The fraction of sp³-hybridized carbons (Fsp3) is 0.588. The number of ether oxygens (including phenoxy) is 2. The van der Waals surface area contributed by atoms with E-state index in [1.807, 2.05) is 18.2 Å². The zero-order chi connectivity index (χ0) is 15.4. The van der Waals surface area contributed by atoms with Gasteiger partial charge in [-0.25, -0.2) is 4.79 Å². The second kappa shape index (κ2) is 7.01. The number of benzene rings is 1. The Balaban J connectivity index is 1.40. The van der Waals surface area contributed by atoms with Crippen LogP contribution in [0.15, 0.2) is 24.3 Å². The molecule has 5 heteroatoms. The van der Waals surface area contributed by atoms with Gasteiger partial charge in [0.05, 0.1) is 19.2 Å². The minimum atomic E-state index is -0.0147. The molecule has 2 aliphatic heterocycles. The molecule has 5 nitrogen and oxygen atoms in total. The molecule has 0 bridgehead atoms. The molecule has 0 spiro atoms. The fourth-order valence-electron chi connectivity index (χ4n) is 2.89. The summed E-state index contributed by atoms with van der Waals surface area (Å²) < 4.78 is 11.5. The molecule has 2 aliphatic rings. The minimum Gasteiger partial charge on any atom is -0.486 e. The number of urea groups is 1. The molecule has 0 saturated carbocycles. The van der Waals surface area contributed by atoms with E-state index < -0.39 is 0 Å². The maximum absolute atomic E-state index is 12.0. The van der Waals surface area contributed by atoms with Gasteiger partial charge in [0.1, 0.15) is 11.9 Å². The van der Waals surface area contributed by atoms with Crippen LogP contribution in [-0.4, -0.2) is 49.4 Å².